The molecule has 4 nitrogen and oxygen atoms in total. The van der Waals surface area contributed by atoms with Crippen LogP contribution < -0.4 is 4.72 Å². The second-order valence-electron chi connectivity index (χ2n) is 3.81. The minimum atomic E-state index is -3.79. The highest BCUT2D eigenvalue weighted by atomic mass is 79.9. The molecule has 0 fully saturated rings. The zero-order valence-corrected chi connectivity index (χ0v) is 13.1. The van der Waals surface area contributed by atoms with Gasteiger partial charge in [-0.25, -0.2) is 13.1 Å². The number of hydrogen-bond acceptors (Lipinski definition) is 4. The Kier molecular flexibility index (Phi) is 4.07. The summed E-state index contributed by atoms with van der Waals surface area (Å²) in [5.41, 5.74) is 0.292. The molecule has 0 aliphatic heterocycles. The number of nitrogens with one attached hydrogen (secondary N) is 1. The van der Waals surface area contributed by atoms with Gasteiger partial charge in [-0.3, -0.25) is 4.79 Å². The number of rotatable bonds is 3. The van der Waals surface area contributed by atoms with Crippen LogP contribution in [0.15, 0.2) is 45.1 Å². The van der Waals surface area contributed by atoms with Crippen molar-refractivity contribution in [2.45, 2.75) is 11.1 Å². The van der Waals surface area contributed by atoms with E-state index in [2.05, 4.69) is 20.7 Å². The van der Waals surface area contributed by atoms with E-state index in [0.29, 0.717) is 5.56 Å². The minimum Gasteiger partial charge on any atom is -0.268 e. The number of halogens is 1. The Bertz CT molecular complexity index is 705. The molecule has 0 aliphatic carbocycles. The second-order valence-corrected chi connectivity index (χ2v) is 7.92. The van der Waals surface area contributed by atoms with Crippen molar-refractivity contribution in [3.63, 3.8) is 0 Å². The molecule has 0 saturated heterocycles. The van der Waals surface area contributed by atoms with Gasteiger partial charge in [0.05, 0.1) is 0 Å². The summed E-state index contributed by atoms with van der Waals surface area (Å²) < 4.78 is 26.9. The predicted octanol–water partition coefficient (Wildman–Crippen LogP) is 2.94. The third kappa shape index (κ3) is 3.43. The second kappa shape index (κ2) is 5.44. The Labute approximate surface area is 123 Å². The summed E-state index contributed by atoms with van der Waals surface area (Å²) in [6.07, 6.45) is 0. The SMILES string of the molecule is Cc1ccc(S(=O)(=O)NC(=O)c2ccc(Br)cc2)s1. The molecule has 7 heteroatoms. The molecule has 2 rings (SSSR count). The number of benzene rings is 1. The van der Waals surface area contributed by atoms with Crippen LogP contribution in [0, 0.1) is 6.92 Å². The highest BCUT2D eigenvalue weighted by molar-refractivity contribution is 9.10. The number of amides is 1. The fourth-order valence-corrected chi connectivity index (χ4v) is 3.91. The molecule has 0 aliphatic rings. The Hall–Kier alpha value is -1.18. The van der Waals surface area contributed by atoms with Crippen LogP contribution in [0.1, 0.15) is 15.2 Å². The highest BCUT2D eigenvalue weighted by Gasteiger charge is 2.20. The predicted molar refractivity (Wildman–Crippen MR) is 77.9 cm³/mol. The first kappa shape index (κ1) is 14.2. The molecule has 100 valence electrons. The van der Waals surface area contributed by atoms with Gasteiger partial charge in [-0.1, -0.05) is 15.9 Å². The molecule has 0 radical (unpaired) electrons. The topological polar surface area (TPSA) is 63.2 Å². The summed E-state index contributed by atoms with van der Waals surface area (Å²) in [7, 11) is -3.79. The summed E-state index contributed by atoms with van der Waals surface area (Å²) in [4.78, 5) is 12.7. The quantitative estimate of drug-likeness (QED) is 0.916. The van der Waals surface area contributed by atoms with E-state index < -0.39 is 15.9 Å². The average molecular weight is 360 g/mol. The Morgan fingerprint density at radius 2 is 1.79 bits per heavy atom. The van der Waals surface area contributed by atoms with Gasteiger partial charge in [0.1, 0.15) is 4.21 Å². The third-order valence-corrected chi connectivity index (χ3v) is 5.67. The van der Waals surface area contributed by atoms with E-state index in [1.54, 1.807) is 37.3 Å². The lowest BCUT2D eigenvalue weighted by Gasteiger charge is -2.05. The minimum absolute atomic E-state index is 0.135. The van der Waals surface area contributed by atoms with Crippen molar-refractivity contribution in [2.24, 2.45) is 0 Å². The van der Waals surface area contributed by atoms with Crippen molar-refractivity contribution >= 4 is 43.2 Å². The standard InChI is InChI=1S/C12H10BrNO3S2/c1-8-2-7-11(18-8)19(16,17)14-12(15)9-3-5-10(13)6-4-9/h2-7H,1H3,(H,14,15). The van der Waals surface area contributed by atoms with Crippen molar-refractivity contribution < 1.29 is 13.2 Å². The molecule has 1 heterocycles. The van der Waals surface area contributed by atoms with Crippen LogP contribution in [0.4, 0.5) is 0 Å². The van der Waals surface area contributed by atoms with E-state index in [-0.39, 0.29) is 4.21 Å². The summed E-state index contributed by atoms with van der Waals surface area (Å²) >= 11 is 4.37. The van der Waals surface area contributed by atoms with Gasteiger partial charge in [-0.15, -0.1) is 11.3 Å². The molecule has 1 aromatic carbocycles. The molecule has 0 atom stereocenters. The molecule has 0 unspecified atom stereocenters. The fraction of sp³-hybridized carbons (Fsp3) is 0.0833. The monoisotopic (exact) mass is 359 g/mol. The van der Waals surface area contributed by atoms with Crippen molar-refractivity contribution in [3.05, 3.63) is 51.3 Å². The normalized spacial score (nSPS) is 11.3. The number of thiophene rings is 1. The molecule has 2 aromatic rings. The molecule has 1 N–H and O–H groups in total. The smallest absolute Gasteiger partial charge is 0.268 e. The van der Waals surface area contributed by atoms with Gasteiger partial charge in [0.2, 0.25) is 0 Å². The molecule has 0 spiro atoms. The number of sulfonamides is 1. The Morgan fingerprint density at radius 1 is 1.16 bits per heavy atom. The van der Waals surface area contributed by atoms with Crippen molar-refractivity contribution in [1.29, 1.82) is 0 Å². The van der Waals surface area contributed by atoms with Gasteiger partial charge in [-0.2, -0.15) is 0 Å². The Balaban J connectivity index is 2.21. The summed E-state index contributed by atoms with van der Waals surface area (Å²) in [5, 5.41) is 0. The van der Waals surface area contributed by atoms with E-state index >= 15 is 0 Å². The number of carbonyl (C=O) groups is 1. The zero-order chi connectivity index (χ0) is 14.0. The van der Waals surface area contributed by atoms with Gasteiger partial charge >= 0.3 is 0 Å². The number of hydrogen-bond donors (Lipinski definition) is 1. The van der Waals surface area contributed by atoms with Gasteiger partial charge in [0.25, 0.3) is 15.9 Å². The van der Waals surface area contributed by atoms with Crippen molar-refractivity contribution in [2.75, 3.05) is 0 Å². The molecule has 19 heavy (non-hydrogen) atoms. The molecule has 1 amide bonds. The van der Waals surface area contributed by atoms with Crippen LogP contribution in [0.5, 0.6) is 0 Å². The van der Waals surface area contributed by atoms with Crippen LogP contribution in [-0.4, -0.2) is 14.3 Å². The molecule has 1 aromatic heterocycles. The van der Waals surface area contributed by atoms with Gasteiger partial charge in [0, 0.05) is 14.9 Å². The van der Waals surface area contributed by atoms with Crippen molar-refractivity contribution in [1.82, 2.24) is 4.72 Å². The largest absolute Gasteiger partial charge is 0.273 e. The third-order valence-electron chi connectivity index (χ3n) is 2.31. The zero-order valence-electron chi connectivity index (χ0n) is 9.88. The fourth-order valence-electron chi connectivity index (χ4n) is 1.39. The van der Waals surface area contributed by atoms with Crippen LogP contribution in [0.2, 0.25) is 0 Å². The lowest BCUT2D eigenvalue weighted by Crippen LogP contribution is -2.29. The van der Waals surface area contributed by atoms with E-state index in [9.17, 15) is 13.2 Å². The highest BCUT2D eigenvalue weighted by Crippen LogP contribution is 2.20. The van der Waals surface area contributed by atoms with E-state index in [4.69, 9.17) is 0 Å². The first-order valence-electron chi connectivity index (χ1n) is 5.27. The van der Waals surface area contributed by atoms with Crippen LogP contribution in [0.25, 0.3) is 0 Å². The molecule has 0 saturated carbocycles. The number of aryl methyl sites for hydroxylation is 1. The van der Waals surface area contributed by atoms with Crippen LogP contribution >= 0.6 is 27.3 Å². The average Bonchev–Trinajstić information content (AvgIpc) is 2.77. The Morgan fingerprint density at radius 3 is 2.32 bits per heavy atom. The maximum Gasteiger partial charge on any atom is 0.273 e. The summed E-state index contributed by atoms with van der Waals surface area (Å²) in [6.45, 7) is 1.81. The van der Waals surface area contributed by atoms with Gasteiger partial charge in [-0.05, 0) is 43.3 Å². The molecule has 0 bridgehead atoms. The molecular weight excluding hydrogens is 350 g/mol. The van der Waals surface area contributed by atoms with Crippen LogP contribution in [-0.2, 0) is 10.0 Å². The van der Waals surface area contributed by atoms with E-state index in [0.717, 1.165) is 20.7 Å². The maximum atomic E-state index is 12.0. The summed E-state index contributed by atoms with van der Waals surface area (Å²) in [6, 6.07) is 9.64. The van der Waals surface area contributed by atoms with Gasteiger partial charge < -0.3 is 0 Å². The van der Waals surface area contributed by atoms with E-state index in [1.807, 2.05) is 0 Å². The first-order chi connectivity index (χ1) is 8.88. The van der Waals surface area contributed by atoms with Gasteiger partial charge in [0.15, 0.2) is 0 Å². The first-order valence-corrected chi connectivity index (χ1v) is 8.37. The maximum absolute atomic E-state index is 12.0. The van der Waals surface area contributed by atoms with E-state index in [1.165, 1.54) is 6.07 Å². The summed E-state index contributed by atoms with van der Waals surface area (Å²) in [5.74, 6) is -0.640. The number of carbonyl (C=O) groups excluding carboxylic acids is 1. The lowest BCUT2D eigenvalue weighted by molar-refractivity contribution is 0.0981. The van der Waals surface area contributed by atoms with Crippen molar-refractivity contribution in [3.8, 4) is 0 Å². The lowest BCUT2D eigenvalue weighted by atomic mass is 10.2. The van der Waals surface area contributed by atoms with Crippen LogP contribution in [0.3, 0.4) is 0 Å². The molecular formula is C12H10BrNO3S2.